The molecule has 0 amide bonds. The van der Waals surface area contributed by atoms with Gasteiger partial charge in [0.05, 0.1) is 10.5 Å². The molecule has 2 heterocycles. The van der Waals surface area contributed by atoms with Crippen molar-refractivity contribution in [3.05, 3.63) is 22.7 Å². The van der Waals surface area contributed by atoms with E-state index in [9.17, 15) is 0 Å². The number of halogens is 1. The summed E-state index contributed by atoms with van der Waals surface area (Å²) in [6.07, 6.45) is 1.86. The Bertz CT molecular complexity index is 579. The van der Waals surface area contributed by atoms with Crippen LogP contribution in [0.4, 0.5) is 5.69 Å². The smallest absolute Gasteiger partial charge is 0.183 e. The lowest BCUT2D eigenvalue weighted by Crippen LogP contribution is -2.21. The summed E-state index contributed by atoms with van der Waals surface area (Å²) in [6, 6.07) is 5.99. The van der Waals surface area contributed by atoms with Gasteiger partial charge in [-0.1, -0.05) is 6.07 Å². The number of hydrogen-bond acceptors (Lipinski definition) is 5. The van der Waals surface area contributed by atoms with Crippen molar-refractivity contribution < 1.29 is 4.74 Å². The highest BCUT2D eigenvalue weighted by Gasteiger charge is 2.22. The minimum absolute atomic E-state index is 0.284. The second-order valence-corrected chi connectivity index (χ2v) is 5.29. The Morgan fingerprint density at radius 2 is 2.11 bits per heavy atom. The summed E-state index contributed by atoms with van der Waals surface area (Å²) < 4.78 is 8.08. The molecule has 2 aromatic rings. The summed E-state index contributed by atoms with van der Waals surface area (Å²) in [6.45, 7) is 1.50. The fraction of sp³-hybridized carbons (Fsp3) is 0.417. The molecule has 1 aliphatic rings. The normalized spacial score (nSPS) is 16.7. The van der Waals surface area contributed by atoms with Crippen LogP contribution in [0, 0.1) is 0 Å². The summed E-state index contributed by atoms with van der Waals surface area (Å²) in [5, 5.41) is 12.1. The number of tetrazole rings is 1. The van der Waals surface area contributed by atoms with Gasteiger partial charge in [-0.3, -0.25) is 0 Å². The topological polar surface area (TPSA) is 78.9 Å². The average Bonchev–Trinajstić information content (AvgIpc) is 2.92. The molecule has 1 aromatic carbocycles. The third kappa shape index (κ3) is 2.35. The van der Waals surface area contributed by atoms with E-state index in [1.165, 1.54) is 0 Å². The average molecular weight is 324 g/mol. The van der Waals surface area contributed by atoms with Gasteiger partial charge in [0.1, 0.15) is 0 Å². The zero-order valence-corrected chi connectivity index (χ0v) is 11.9. The summed E-state index contributed by atoms with van der Waals surface area (Å²) in [5.74, 6) is 0.742. The van der Waals surface area contributed by atoms with Crippen LogP contribution in [-0.2, 0) is 4.74 Å². The SMILES string of the molecule is Nc1cccc(-c2nnnn2C2CCOCC2)c1Br. The molecule has 1 saturated heterocycles. The number of aromatic nitrogens is 4. The van der Waals surface area contributed by atoms with Crippen LogP contribution in [0.15, 0.2) is 22.7 Å². The Balaban J connectivity index is 2.01. The van der Waals surface area contributed by atoms with Crippen molar-refractivity contribution in [3.8, 4) is 11.4 Å². The van der Waals surface area contributed by atoms with Gasteiger partial charge in [0.2, 0.25) is 0 Å². The van der Waals surface area contributed by atoms with Gasteiger partial charge < -0.3 is 10.5 Å². The molecule has 3 rings (SSSR count). The highest BCUT2D eigenvalue weighted by molar-refractivity contribution is 9.10. The number of hydrogen-bond donors (Lipinski definition) is 1. The molecular weight excluding hydrogens is 310 g/mol. The second-order valence-electron chi connectivity index (χ2n) is 4.50. The maximum Gasteiger partial charge on any atom is 0.183 e. The fourth-order valence-electron chi connectivity index (χ4n) is 2.27. The van der Waals surface area contributed by atoms with Gasteiger partial charge in [-0.25, -0.2) is 4.68 Å². The van der Waals surface area contributed by atoms with Crippen LogP contribution in [0.1, 0.15) is 18.9 Å². The molecule has 0 atom stereocenters. The van der Waals surface area contributed by atoms with Gasteiger partial charge in [-0.15, -0.1) is 5.10 Å². The molecule has 6 nitrogen and oxygen atoms in total. The number of anilines is 1. The summed E-state index contributed by atoms with van der Waals surface area (Å²) in [7, 11) is 0. The summed E-state index contributed by atoms with van der Waals surface area (Å²) in [4.78, 5) is 0. The zero-order valence-electron chi connectivity index (χ0n) is 10.3. The highest BCUT2D eigenvalue weighted by atomic mass is 79.9. The molecule has 7 heteroatoms. The van der Waals surface area contributed by atoms with E-state index in [-0.39, 0.29) is 6.04 Å². The molecule has 0 saturated carbocycles. The van der Waals surface area contributed by atoms with E-state index in [1.54, 1.807) is 0 Å². The molecule has 0 unspecified atom stereocenters. The van der Waals surface area contributed by atoms with Gasteiger partial charge in [0.25, 0.3) is 0 Å². The maximum absolute atomic E-state index is 5.91. The van der Waals surface area contributed by atoms with Crippen molar-refractivity contribution in [3.63, 3.8) is 0 Å². The second kappa shape index (κ2) is 5.26. The molecule has 2 N–H and O–H groups in total. The maximum atomic E-state index is 5.91. The third-order valence-corrected chi connectivity index (χ3v) is 4.18. The van der Waals surface area contributed by atoms with E-state index >= 15 is 0 Å². The van der Waals surface area contributed by atoms with E-state index in [2.05, 4.69) is 31.5 Å². The van der Waals surface area contributed by atoms with Crippen LogP contribution >= 0.6 is 15.9 Å². The molecule has 1 aromatic heterocycles. The first-order valence-corrected chi connectivity index (χ1v) is 6.96. The number of benzene rings is 1. The summed E-state index contributed by atoms with van der Waals surface area (Å²) in [5.41, 5.74) is 7.50. The highest BCUT2D eigenvalue weighted by Crippen LogP contribution is 2.33. The van der Waals surface area contributed by atoms with E-state index < -0.39 is 0 Å². The van der Waals surface area contributed by atoms with Crippen molar-refractivity contribution in [1.82, 2.24) is 20.2 Å². The molecule has 0 radical (unpaired) electrons. The molecular formula is C12H14BrN5O. The first kappa shape index (κ1) is 12.6. The Kier molecular flexibility index (Phi) is 3.48. The lowest BCUT2D eigenvalue weighted by Gasteiger charge is -2.22. The minimum atomic E-state index is 0.284. The fourth-order valence-corrected chi connectivity index (χ4v) is 2.71. The lowest BCUT2D eigenvalue weighted by molar-refractivity contribution is 0.0662. The Morgan fingerprint density at radius 1 is 1.32 bits per heavy atom. The molecule has 1 aliphatic heterocycles. The van der Waals surface area contributed by atoms with Crippen LogP contribution in [0.3, 0.4) is 0 Å². The van der Waals surface area contributed by atoms with E-state index in [0.29, 0.717) is 5.69 Å². The molecule has 0 bridgehead atoms. The van der Waals surface area contributed by atoms with Gasteiger partial charge in [0.15, 0.2) is 5.82 Å². The molecule has 0 aliphatic carbocycles. The van der Waals surface area contributed by atoms with Crippen LogP contribution in [0.2, 0.25) is 0 Å². The molecule has 100 valence electrons. The number of nitrogens with two attached hydrogens (primary N) is 1. The van der Waals surface area contributed by atoms with Gasteiger partial charge >= 0.3 is 0 Å². The zero-order chi connectivity index (χ0) is 13.2. The number of nitrogens with zero attached hydrogens (tertiary/aromatic N) is 4. The van der Waals surface area contributed by atoms with Crippen molar-refractivity contribution in [1.29, 1.82) is 0 Å². The van der Waals surface area contributed by atoms with Crippen LogP contribution < -0.4 is 5.73 Å². The molecule has 0 spiro atoms. The van der Waals surface area contributed by atoms with Gasteiger partial charge in [0, 0.05) is 24.5 Å². The van der Waals surface area contributed by atoms with E-state index in [1.807, 2.05) is 22.9 Å². The first-order valence-electron chi connectivity index (χ1n) is 6.17. The predicted molar refractivity (Wildman–Crippen MR) is 74.5 cm³/mol. The Hall–Kier alpha value is -1.47. The monoisotopic (exact) mass is 323 g/mol. The first-order chi connectivity index (χ1) is 9.27. The van der Waals surface area contributed by atoms with Crippen LogP contribution in [0.25, 0.3) is 11.4 Å². The van der Waals surface area contributed by atoms with Crippen molar-refractivity contribution in [2.75, 3.05) is 18.9 Å². The van der Waals surface area contributed by atoms with Crippen LogP contribution in [-0.4, -0.2) is 33.4 Å². The Labute approximate surface area is 119 Å². The van der Waals surface area contributed by atoms with Crippen molar-refractivity contribution in [2.45, 2.75) is 18.9 Å². The van der Waals surface area contributed by atoms with E-state index in [4.69, 9.17) is 10.5 Å². The largest absolute Gasteiger partial charge is 0.398 e. The molecule has 1 fully saturated rings. The predicted octanol–water partition coefficient (Wildman–Crippen LogP) is 2.04. The van der Waals surface area contributed by atoms with Crippen molar-refractivity contribution in [2.24, 2.45) is 0 Å². The quantitative estimate of drug-likeness (QED) is 0.855. The lowest BCUT2D eigenvalue weighted by atomic mass is 10.1. The summed E-state index contributed by atoms with van der Waals surface area (Å²) >= 11 is 3.50. The minimum Gasteiger partial charge on any atom is -0.398 e. The number of nitrogen functional groups attached to an aromatic ring is 1. The van der Waals surface area contributed by atoms with Crippen molar-refractivity contribution >= 4 is 21.6 Å². The van der Waals surface area contributed by atoms with Crippen LogP contribution in [0.5, 0.6) is 0 Å². The third-order valence-electron chi connectivity index (χ3n) is 3.30. The molecule has 19 heavy (non-hydrogen) atoms. The van der Waals surface area contributed by atoms with Gasteiger partial charge in [-0.2, -0.15) is 0 Å². The van der Waals surface area contributed by atoms with Gasteiger partial charge in [-0.05, 0) is 51.3 Å². The Morgan fingerprint density at radius 3 is 2.89 bits per heavy atom. The number of ether oxygens (including phenoxy) is 1. The number of rotatable bonds is 2. The van der Waals surface area contributed by atoms with E-state index in [0.717, 1.165) is 41.9 Å². The standard InChI is InChI=1S/C12H14BrN5O/c13-11-9(2-1-3-10(11)14)12-15-16-17-18(12)8-4-6-19-7-5-8/h1-3,8H,4-7,14H2.